The van der Waals surface area contributed by atoms with Gasteiger partial charge in [-0.3, -0.25) is 4.79 Å². The summed E-state index contributed by atoms with van der Waals surface area (Å²) >= 11 is 11.9. The summed E-state index contributed by atoms with van der Waals surface area (Å²) < 4.78 is 0. The van der Waals surface area contributed by atoms with Gasteiger partial charge in [0.2, 0.25) is 0 Å². The van der Waals surface area contributed by atoms with Crippen molar-refractivity contribution in [3.05, 3.63) is 33.8 Å². The number of carbonyl (C=O) groups excluding carboxylic acids is 1. The molecule has 0 unspecified atom stereocenters. The number of rotatable bonds is 3. The number of carbonyl (C=O) groups is 1. The van der Waals surface area contributed by atoms with E-state index in [1.807, 2.05) is 6.92 Å². The molecule has 1 aromatic carbocycles. The summed E-state index contributed by atoms with van der Waals surface area (Å²) in [6.45, 7) is 2.01. The van der Waals surface area contributed by atoms with Crippen molar-refractivity contribution < 1.29 is 4.79 Å². The molecule has 0 aliphatic heterocycles. The third-order valence-corrected chi connectivity index (χ3v) is 5.33. The molecular formula is C16H18Cl2N2O. The van der Waals surface area contributed by atoms with E-state index in [4.69, 9.17) is 23.2 Å². The lowest BCUT2D eigenvalue weighted by atomic mass is 9.86. The minimum Gasteiger partial charge on any atom is -0.267 e. The van der Waals surface area contributed by atoms with Gasteiger partial charge in [0.05, 0.1) is 10.6 Å². The minimum absolute atomic E-state index is 0.292. The molecule has 2 aliphatic carbocycles. The molecule has 0 saturated heterocycles. The lowest BCUT2D eigenvalue weighted by molar-refractivity contribution is 0.0954. The molecule has 1 N–H and O–H groups in total. The minimum atomic E-state index is -0.292. The third kappa shape index (κ3) is 3.09. The lowest BCUT2D eigenvalue weighted by Gasteiger charge is -2.21. The summed E-state index contributed by atoms with van der Waals surface area (Å²) in [6.07, 6.45) is 5.21. The zero-order valence-corrected chi connectivity index (χ0v) is 13.4. The van der Waals surface area contributed by atoms with E-state index in [0.29, 0.717) is 21.5 Å². The molecule has 3 nitrogen and oxygen atoms in total. The van der Waals surface area contributed by atoms with E-state index < -0.39 is 0 Å². The fourth-order valence-corrected chi connectivity index (χ4v) is 4.21. The highest BCUT2D eigenvalue weighted by Gasteiger charge is 2.40. The van der Waals surface area contributed by atoms with E-state index >= 15 is 0 Å². The van der Waals surface area contributed by atoms with Gasteiger partial charge in [-0.2, -0.15) is 5.10 Å². The summed E-state index contributed by atoms with van der Waals surface area (Å²) in [4.78, 5) is 12.1. The molecule has 5 heteroatoms. The second-order valence-electron chi connectivity index (χ2n) is 6.10. The Morgan fingerprint density at radius 3 is 2.71 bits per heavy atom. The number of hydrogen-bond donors (Lipinski definition) is 1. The second kappa shape index (κ2) is 5.98. The van der Waals surface area contributed by atoms with Gasteiger partial charge in [0.1, 0.15) is 0 Å². The molecular weight excluding hydrogens is 307 g/mol. The molecule has 21 heavy (non-hydrogen) atoms. The summed E-state index contributed by atoms with van der Waals surface area (Å²) in [6, 6.07) is 4.82. The molecule has 3 atom stereocenters. The van der Waals surface area contributed by atoms with Gasteiger partial charge in [0, 0.05) is 16.7 Å². The number of nitrogens with one attached hydrogen (secondary N) is 1. The van der Waals surface area contributed by atoms with Crippen LogP contribution in [0, 0.1) is 17.8 Å². The van der Waals surface area contributed by atoms with Crippen molar-refractivity contribution in [1.82, 2.24) is 5.43 Å². The molecule has 0 aromatic heterocycles. The predicted molar refractivity (Wildman–Crippen MR) is 86.0 cm³/mol. The van der Waals surface area contributed by atoms with Crippen molar-refractivity contribution >= 4 is 34.8 Å². The summed E-state index contributed by atoms with van der Waals surface area (Å²) in [5, 5.41) is 5.14. The van der Waals surface area contributed by atoms with Crippen LogP contribution in [0.15, 0.2) is 23.3 Å². The molecule has 1 aromatic rings. The maximum Gasteiger partial charge on any atom is 0.272 e. The molecule has 0 heterocycles. The average molecular weight is 325 g/mol. The van der Waals surface area contributed by atoms with E-state index in [1.165, 1.54) is 25.7 Å². The topological polar surface area (TPSA) is 41.5 Å². The first-order valence-corrected chi connectivity index (χ1v) is 8.09. The van der Waals surface area contributed by atoms with Crippen LogP contribution in [0.25, 0.3) is 0 Å². The van der Waals surface area contributed by atoms with Crippen molar-refractivity contribution in [1.29, 1.82) is 0 Å². The van der Waals surface area contributed by atoms with Crippen molar-refractivity contribution in [3.8, 4) is 0 Å². The van der Waals surface area contributed by atoms with Gasteiger partial charge in [0.25, 0.3) is 5.91 Å². The number of nitrogens with zero attached hydrogens (tertiary/aromatic N) is 1. The summed E-state index contributed by atoms with van der Waals surface area (Å²) in [7, 11) is 0. The molecule has 2 aliphatic rings. The Morgan fingerprint density at radius 1 is 1.29 bits per heavy atom. The Kier molecular flexibility index (Phi) is 4.23. The van der Waals surface area contributed by atoms with Gasteiger partial charge in [-0.1, -0.05) is 29.6 Å². The van der Waals surface area contributed by atoms with Gasteiger partial charge in [-0.15, -0.1) is 0 Å². The molecule has 2 saturated carbocycles. The number of hydrogen-bond acceptors (Lipinski definition) is 2. The Balaban J connectivity index is 1.66. The predicted octanol–water partition coefficient (Wildman–Crippen LogP) is 4.54. The van der Waals surface area contributed by atoms with Crippen LogP contribution in [0.3, 0.4) is 0 Å². The smallest absolute Gasteiger partial charge is 0.267 e. The largest absolute Gasteiger partial charge is 0.272 e. The number of amides is 1. The molecule has 1 amide bonds. The Labute approximate surface area is 134 Å². The normalized spacial score (nSPS) is 28.0. The van der Waals surface area contributed by atoms with Crippen LogP contribution in [-0.2, 0) is 0 Å². The molecule has 2 fully saturated rings. The number of hydrazone groups is 1. The number of fused-ring (bicyclic) bond motifs is 2. The quantitative estimate of drug-likeness (QED) is 0.643. The third-order valence-electron chi connectivity index (χ3n) is 4.78. The van der Waals surface area contributed by atoms with Crippen molar-refractivity contribution in [2.24, 2.45) is 22.9 Å². The van der Waals surface area contributed by atoms with E-state index in [0.717, 1.165) is 17.5 Å². The first kappa shape index (κ1) is 14.9. The lowest BCUT2D eigenvalue weighted by Crippen LogP contribution is -2.24. The highest BCUT2D eigenvalue weighted by atomic mass is 35.5. The molecule has 2 bridgehead atoms. The Hall–Kier alpha value is -1.06. The fraction of sp³-hybridized carbons (Fsp3) is 0.500. The summed E-state index contributed by atoms with van der Waals surface area (Å²) in [5.74, 6) is 1.87. The van der Waals surface area contributed by atoms with Crippen molar-refractivity contribution in [2.75, 3.05) is 0 Å². The first-order valence-electron chi connectivity index (χ1n) is 7.34. The van der Waals surface area contributed by atoms with Gasteiger partial charge in [-0.05, 0) is 56.2 Å². The standard InChI is InChI=1S/C16H18Cl2N2O/c1-9(14-7-10-2-3-11(14)6-10)19-20-16(21)13-5-4-12(17)8-15(13)18/h4-5,8,10-11,14H,2-3,6-7H2,1H3,(H,20,21)/t10-,11-,14-/m0/s1. The number of benzene rings is 1. The van der Waals surface area contributed by atoms with Crippen LogP contribution < -0.4 is 5.43 Å². The van der Waals surface area contributed by atoms with E-state index in [2.05, 4.69) is 10.5 Å². The maximum atomic E-state index is 12.1. The van der Waals surface area contributed by atoms with Crippen LogP contribution in [-0.4, -0.2) is 11.6 Å². The highest BCUT2D eigenvalue weighted by Crippen LogP contribution is 2.48. The average Bonchev–Trinajstić information content (AvgIpc) is 3.07. The highest BCUT2D eigenvalue weighted by molar-refractivity contribution is 6.36. The van der Waals surface area contributed by atoms with Crippen LogP contribution >= 0.6 is 23.2 Å². The SMILES string of the molecule is CC(=NNC(=O)c1ccc(Cl)cc1Cl)[C@@H]1C[C@H]2CC[C@H]1C2. The molecule has 3 rings (SSSR count). The van der Waals surface area contributed by atoms with E-state index in [9.17, 15) is 4.79 Å². The number of halogens is 2. The maximum absolute atomic E-state index is 12.1. The molecule has 0 radical (unpaired) electrons. The zero-order valence-electron chi connectivity index (χ0n) is 11.9. The van der Waals surface area contributed by atoms with E-state index in [-0.39, 0.29) is 5.91 Å². The van der Waals surface area contributed by atoms with Gasteiger partial charge >= 0.3 is 0 Å². The summed E-state index contributed by atoms with van der Waals surface area (Å²) in [5.41, 5.74) is 4.04. The van der Waals surface area contributed by atoms with Crippen molar-refractivity contribution in [3.63, 3.8) is 0 Å². The van der Waals surface area contributed by atoms with Crippen LogP contribution in [0.2, 0.25) is 10.0 Å². The Morgan fingerprint density at radius 2 is 2.10 bits per heavy atom. The van der Waals surface area contributed by atoms with Gasteiger partial charge < -0.3 is 0 Å². The molecule has 0 spiro atoms. The van der Waals surface area contributed by atoms with Crippen molar-refractivity contribution in [2.45, 2.75) is 32.6 Å². The van der Waals surface area contributed by atoms with Crippen LogP contribution in [0.4, 0.5) is 0 Å². The van der Waals surface area contributed by atoms with Gasteiger partial charge in [0.15, 0.2) is 0 Å². The van der Waals surface area contributed by atoms with Gasteiger partial charge in [-0.25, -0.2) is 5.43 Å². The fourth-order valence-electron chi connectivity index (χ4n) is 3.71. The van der Waals surface area contributed by atoms with E-state index in [1.54, 1.807) is 18.2 Å². The second-order valence-corrected chi connectivity index (χ2v) is 6.94. The van der Waals surface area contributed by atoms with Crippen LogP contribution in [0.5, 0.6) is 0 Å². The monoisotopic (exact) mass is 324 g/mol. The first-order chi connectivity index (χ1) is 10.0. The molecule has 112 valence electrons. The zero-order chi connectivity index (χ0) is 15.0. The van der Waals surface area contributed by atoms with Crippen LogP contribution in [0.1, 0.15) is 43.0 Å². The Bertz CT molecular complexity index is 600.